The number of carbonyl (C=O) groups excluding carboxylic acids is 5. The van der Waals surface area contributed by atoms with Crippen LogP contribution in [-0.4, -0.2) is 110 Å². The van der Waals surface area contributed by atoms with Gasteiger partial charge in [-0.25, -0.2) is 4.79 Å². The van der Waals surface area contributed by atoms with Crippen LogP contribution >= 0.6 is 12.6 Å². The minimum atomic E-state index is -1.47. The Labute approximate surface area is 273 Å². The molecule has 1 aromatic rings. The van der Waals surface area contributed by atoms with Gasteiger partial charge in [0.05, 0.1) is 12.1 Å². The summed E-state index contributed by atoms with van der Waals surface area (Å²) in [6, 6.07) is -1.19. The highest BCUT2D eigenvalue weighted by Crippen LogP contribution is 2.19. The van der Waals surface area contributed by atoms with E-state index in [9.17, 15) is 44.1 Å². The summed E-state index contributed by atoms with van der Waals surface area (Å²) < 4.78 is 0. The van der Waals surface area contributed by atoms with Crippen LogP contribution in [0.15, 0.2) is 24.3 Å². The first-order valence-electron chi connectivity index (χ1n) is 15.1. The van der Waals surface area contributed by atoms with Gasteiger partial charge in [-0.3, -0.25) is 24.0 Å². The Kier molecular flexibility index (Phi) is 14.7. The monoisotopic (exact) mass is 666 g/mol. The number of amides is 5. The third-order valence-electron chi connectivity index (χ3n) is 7.44. The van der Waals surface area contributed by atoms with Crippen molar-refractivity contribution in [2.45, 2.75) is 95.7 Å². The number of nitrogens with two attached hydrogens (primary N) is 1. The topological polar surface area (TPSA) is 240 Å². The zero-order valence-electron chi connectivity index (χ0n) is 26.4. The molecule has 15 nitrogen and oxygen atoms in total. The average molecular weight is 667 g/mol. The van der Waals surface area contributed by atoms with E-state index in [-0.39, 0.29) is 30.3 Å². The largest absolute Gasteiger partial charge is 0.508 e. The average Bonchev–Trinajstić information content (AvgIpc) is 3.47. The number of nitrogens with one attached hydrogen (secondary N) is 4. The first-order valence-corrected chi connectivity index (χ1v) is 15.8. The van der Waals surface area contributed by atoms with E-state index in [2.05, 4.69) is 33.9 Å². The summed E-state index contributed by atoms with van der Waals surface area (Å²) >= 11 is 4.14. The fourth-order valence-corrected chi connectivity index (χ4v) is 5.25. The SMILES string of the molecule is CC(C)C[C@H](NC(=O)[C@@H](NC(=O)[C@@H]1CCCN1C(=O)[C@H](C)N)[C@@H](C)O)C(=O)N[C@@H](CS)C(=O)N[C@@H](Cc1ccc(O)cc1)C(=O)O. The lowest BCUT2D eigenvalue weighted by Crippen LogP contribution is -2.61. The highest BCUT2D eigenvalue weighted by molar-refractivity contribution is 7.80. The minimum absolute atomic E-state index is 0.00294. The molecule has 1 aliphatic heterocycles. The third-order valence-corrected chi connectivity index (χ3v) is 7.80. The van der Waals surface area contributed by atoms with E-state index < -0.39 is 77.9 Å². The van der Waals surface area contributed by atoms with Crippen molar-refractivity contribution in [2.75, 3.05) is 12.3 Å². The van der Waals surface area contributed by atoms with Gasteiger partial charge in [-0.15, -0.1) is 0 Å². The number of benzene rings is 1. The fraction of sp³-hybridized carbons (Fsp3) is 0.600. The van der Waals surface area contributed by atoms with Gasteiger partial charge >= 0.3 is 5.97 Å². The lowest BCUT2D eigenvalue weighted by molar-refractivity contribution is -0.142. The fourth-order valence-electron chi connectivity index (χ4n) is 4.99. The molecule has 0 bridgehead atoms. The molecule has 0 aromatic heterocycles. The zero-order chi connectivity index (χ0) is 34.7. The molecule has 0 radical (unpaired) electrons. The summed E-state index contributed by atoms with van der Waals surface area (Å²) in [7, 11) is 0. The molecule has 1 aliphatic rings. The van der Waals surface area contributed by atoms with Gasteiger partial charge in [0.25, 0.3) is 0 Å². The zero-order valence-corrected chi connectivity index (χ0v) is 27.3. The molecular weight excluding hydrogens is 620 g/mol. The summed E-state index contributed by atoms with van der Waals surface area (Å²) in [5, 5.41) is 39.4. The molecule has 1 fully saturated rings. The number of carboxylic acids is 1. The molecule has 5 amide bonds. The molecule has 0 aliphatic carbocycles. The van der Waals surface area contributed by atoms with E-state index in [0.717, 1.165) is 0 Å². The van der Waals surface area contributed by atoms with Gasteiger partial charge in [-0.1, -0.05) is 26.0 Å². The molecule has 2 rings (SSSR count). The summed E-state index contributed by atoms with van der Waals surface area (Å²) in [5.41, 5.74) is 6.25. The van der Waals surface area contributed by atoms with Gasteiger partial charge in [-0.05, 0) is 56.7 Å². The molecular formula is C30H46N6O9S. The number of phenolic OH excluding ortho intramolecular Hbond substituents is 1. The van der Waals surface area contributed by atoms with Crippen LogP contribution in [0, 0.1) is 5.92 Å². The van der Waals surface area contributed by atoms with Crippen LogP contribution in [0.25, 0.3) is 0 Å². The van der Waals surface area contributed by atoms with E-state index in [0.29, 0.717) is 24.9 Å². The molecule has 46 heavy (non-hydrogen) atoms. The molecule has 16 heteroatoms. The van der Waals surface area contributed by atoms with Gasteiger partial charge in [0.1, 0.15) is 36.0 Å². The Bertz CT molecular complexity index is 1240. The van der Waals surface area contributed by atoms with Crippen molar-refractivity contribution in [3.63, 3.8) is 0 Å². The van der Waals surface area contributed by atoms with Crippen LogP contribution in [-0.2, 0) is 35.2 Å². The number of phenols is 1. The number of aliphatic hydroxyl groups is 1. The van der Waals surface area contributed by atoms with Gasteiger partial charge in [-0.2, -0.15) is 12.6 Å². The van der Waals surface area contributed by atoms with Crippen LogP contribution in [0.3, 0.4) is 0 Å². The smallest absolute Gasteiger partial charge is 0.326 e. The normalized spacial score (nSPS) is 18.4. The summed E-state index contributed by atoms with van der Waals surface area (Å²) in [6.45, 7) is 6.72. The van der Waals surface area contributed by atoms with Crippen LogP contribution in [0.1, 0.15) is 52.5 Å². The molecule has 9 N–H and O–H groups in total. The van der Waals surface area contributed by atoms with Crippen molar-refractivity contribution in [1.82, 2.24) is 26.2 Å². The van der Waals surface area contributed by atoms with Crippen molar-refractivity contribution in [3.05, 3.63) is 29.8 Å². The van der Waals surface area contributed by atoms with Crippen molar-refractivity contribution in [2.24, 2.45) is 11.7 Å². The van der Waals surface area contributed by atoms with E-state index in [1.54, 1.807) is 13.8 Å². The highest BCUT2D eigenvalue weighted by atomic mass is 32.1. The Morgan fingerprint density at radius 3 is 2.00 bits per heavy atom. The predicted molar refractivity (Wildman–Crippen MR) is 171 cm³/mol. The predicted octanol–water partition coefficient (Wildman–Crippen LogP) is -1.35. The standard InChI is InChI=1S/C30H46N6O9S/c1-15(2)12-20(32-28(42)24(17(4)37)35-27(41)23-6-5-11-36(23)29(43)16(3)31)25(39)34-22(14-46)26(40)33-21(30(44)45)13-18-7-9-19(38)10-8-18/h7-10,15-17,20-24,37-38,46H,5-6,11-14,31H2,1-4H3,(H,32,42)(H,33,40)(H,34,39)(H,35,41)(H,44,45)/t16-,17+,20-,21-,22-,23-,24-/m0/s1. The number of carboxylic acid groups (broad SMARTS) is 1. The molecule has 0 spiro atoms. The number of nitrogens with zero attached hydrogens (tertiary/aromatic N) is 1. The first kappa shape index (κ1) is 38.3. The van der Waals surface area contributed by atoms with Gasteiger partial charge in [0, 0.05) is 18.7 Å². The maximum Gasteiger partial charge on any atom is 0.326 e. The lowest BCUT2D eigenvalue weighted by Gasteiger charge is -2.29. The number of aromatic hydroxyl groups is 1. The van der Waals surface area contributed by atoms with E-state index in [4.69, 9.17) is 5.73 Å². The van der Waals surface area contributed by atoms with Crippen molar-refractivity contribution >= 4 is 48.1 Å². The molecule has 1 aromatic carbocycles. The quantitative estimate of drug-likeness (QED) is 0.0940. The number of likely N-dealkylation sites (tertiary alicyclic amines) is 1. The second-order valence-electron chi connectivity index (χ2n) is 11.9. The second kappa shape index (κ2) is 17.7. The number of thiol groups is 1. The van der Waals surface area contributed by atoms with Crippen molar-refractivity contribution in [1.29, 1.82) is 0 Å². The second-order valence-corrected chi connectivity index (χ2v) is 12.3. The maximum atomic E-state index is 13.4. The number of hydrogen-bond donors (Lipinski definition) is 9. The Morgan fingerprint density at radius 2 is 1.48 bits per heavy atom. The van der Waals surface area contributed by atoms with E-state index in [1.807, 2.05) is 0 Å². The molecule has 0 unspecified atom stereocenters. The lowest BCUT2D eigenvalue weighted by atomic mass is 10.0. The summed E-state index contributed by atoms with van der Waals surface area (Å²) in [5.74, 6) is -5.14. The number of aliphatic carboxylic acids is 1. The van der Waals surface area contributed by atoms with E-state index in [1.165, 1.54) is 43.0 Å². The summed E-state index contributed by atoms with van der Waals surface area (Å²) in [6.07, 6.45) is -0.435. The number of carbonyl (C=O) groups is 6. The number of hydrogen-bond acceptors (Lipinski definition) is 10. The first-order chi connectivity index (χ1) is 21.5. The number of aliphatic hydroxyl groups excluding tert-OH is 1. The van der Waals surface area contributed by atoms with Crippen molar-refractivity contribution in [3.8, 4) is 5.75 Å². The van der Waals surface area contributed by atoms with Gasteiger partial charge in [0.15, 0.2) is 0 Å². The van der Waals surface area contributed by atoms with Gasteiger partial charge in [0.2, 0.25) is 29.5 Å². The Balaban J connectivity index is 2.13. The molecule has 1 heterocycles. The van der Waals surface area contributed by atoms with Gasteiger partial charge < -0.3 is 47.2 Å². The molecule has 0 saturated carbocycles. The number of rotatable bonds is 16. The maximum absolute atomic E-state index is 13.4. The summed E-state index contributed by atoms with van der Waals surface area (Å²) in [4.78, 5) is 78.4. The minimum Gasteiger partial charge on any atom is -0.508 e. The van der Waals surface area contributed by atoms with E-state index >= 15 is 0 Å². The van der Waals surface area contributed by atoms with Crippen molar-refractivity contribution < 1.29 is 44.1 Å². The molecule has 256 valence electrons. The van der Waals surface area contributed by atoms with Crippen LogP contribution < -0.4 is 27.0 Å². The Morgan fingerprint density at radius 1 is 0.913 bits per heavy atom. The Hall–Kier alpha value is -3.89. The van der Waals surface area contributed by atoms with Crippen LogP contribution in [0.2, 0.25) is 0 Å². The van der Waals surface area contributed by atoms with Crippen LogP contribution in [0.5, 0.6) is 5.75 Å². The molecule has 7 atom stereocenters. The highest BCUT2D eigenvalue weighted by Gasteiger charge is 2.38. The van der Waals surface area contributed by atoms with Crippen LogP contribution in [0.4, 0.5) is 0 Å². The third kappa shape index (κ3) is 11.2. The molecule has 1 saturated heterocycles.